The summed E-state index contributed by atoms with van der Waals surface area (Å²) in [7, 11) is 0. The Bertz CT molecular complexity index is 245. The first-order valence-electron chi connectivity index (χ1n) is 6.75. The lowest BCUT2D eigenvalue weighted by atomic mass is 10.3. The average molecular weight is 276 g/mol. The monoisotopic (exact) mass is 276 g/mol. The lowest BCUT2D eigenvalue weighted by molar-refractivity contribution is -0.574. The van der Waals surface area contributed by atoms with Gasteiger partial charge >= 0.3 is 0 Å². The molecule has 0 bridgehead atoms. The molecule has 0 heterocycles. The summed E-state index contributed by atoms with van der Waals surface area (Å²) in [6.07, 6.45) is 5.56. The van der Waals surface area contributed by atoms with Gasteiger partial charge in [0, 0.05) is 12.8 Å². The van der Waals surface area contributed by atoms with Crippen LogP contribution in [0.25, 0.3) is 0 Å². The molecule has 19 heavy (non-hydrogen) atoms. The number of hydroxylamine groups is 2. The van der Waals surface area contributed by atoms with Crippen LogP contribution in [0.15, 0.2) is 10.6 Å². The predicted octanol–water partition coefficient (Wildman–Crippen LogP) is 3.11. The van der Waals surface area contributed by atoms with Gasteiger partial charge < -0.3 is 20.1 Å². The van der Waals surface area contributed by atoms with E-state index in [9.17, 15) is 10.4 Å². The van der Waals surface area contributed by atoms with Gasteiger partial charge in [0.05, 0.1) is 0 Å². The minimum absolute atomic E-state index is 0.287. The summed E-state index contributed by atoms with van der Waals surface area (Å²) in [5, 5.41) is 28.6. The summed E-state index contributed by atoms with van der Waals surface area (Å²) in [5.74, 6) is 0. The molecule has 0 unspecified atom stereocenters. The van der Waals surface area contributed by atoms with E-state index in [0.717, 1.165) is 38.5 Å². The normalized spacial score (nSPS) is 12.5. The van der Waals surface area contributed by atoms with Gasteiger partial charge in [-0.1, -0.05) is 36.4 Å². The molecule has 8 nitrogen and oxygen atoms in total. The smallest absolute Gasteiger partial charge is 0.292 e. The van der Waals surface area contributed by atoms with E-state index in [1.165, 1.54) is 0 Å². The molecule has 0 aromatic heterocycles. The summed E-state index contributed by atoms with van der Waals surface area (Å²) >= 11 is 0. The van der Waals surface area contributed by atoms with Crippen molar-refractivity contribution < 1.29 is 19.4 Å². The molecule has 112 valence electrons. The first-order chi connectivity index (χ1) is 9.20. The van der Waals surface area contributed by atoms with E-state index in [-0.39, 0.29) is 19.9 Å². The number of rotatable bonds is 12. The SMILES string of the molecule is CCCCC/[N+]([O-])=N\OCO/N=[N+](/[O-])CCCCC. The third-order valence-corrected chi connectivity index (χ3v) is 2.31. The summed E-state index contributed by atoms with van der Waals surface area (Å²) in [6, 6.07) is 0. The van der Waals surface area contributed by atoms with Crippen LogP contribution in [-0.2, 0) is 9.68 Å². The zero-order chi connectivity index (χ0) is 14.3. The van der Waals surface area contributed by atoms with Gasteiger partial charge in [0.2, 0.25) is 10.6 Å². The highest BCUT2D eigenvalue weighted by Crippen LogP contribution is 1.95. The third kappa shape index (κ3) is 12.6. The zero-order valence-corrected chi connectivity index (χ0v) is 11.8. The largest absolute Gasteiger partial charge is 0.597 e. The van der Waals surface area contributed by atoms with Crippen molar-refractivity contribution in [2.75, 3.05) is 19.9 Å². The summed E-state index contributed by atoms with van der Waals surface area (Å²) in [4.78, 5) is 10.0. The van der Waals surface area contributed by atoms with Crippen LogP contribution in [0.5, 0.6) is 0 Å². The Kier molecular flexibility index (Phi) is 11.8. The van der Waals surface area contributed by atoms with Crippen molar-refractivity contribution in [1.82, 2.24) is 0 Å². The molecule has 0 aliphatic rings. The fraction of sp³-hybridized carbons (Fsp3) is 1.00. The van der Waals surface area contributed by atoms with Crippen LogP contribution in [0.1, 0.15) is 52.4 Å². The Morgan fingerprint density at radius 2 is 1.21 bits per heavy atom. The molecule has 8 heteroatoms. The van der Waals surface area contributed by atoms with Crippen molar-refractivity contribution in [2.45, 2.75) is 52.4 Å². The van der Waals surface area contributed by atoms with Crippen molar-refractivity contribution in [1.29, 1.82) is 0 Å². The van der Waals surface area contributed by atoms with E-state index in [4.69, 9.17) is 0 Å². The fourth-order valence-electron chi connectivity index (χ4n) is 1.28. The van der Waals surface area contributed by atoms with Gasteiger partial charge in [0.25, 0.3) is 6.79 Å². The first kappa shape index (κ1) is 17.4. The third-order valence-electron chi connectivity index (χ3n) is 2.31. The molecule has 0 aliphatic heterocycles. The summed E-state index contributed by atoms with van der Waals surface area (Å²) < 4.78 is 0. The molecule has 0 aliphatic carbocycles. The molecule has 0 atom stereocenters. The highest BCUT2D eigenvalue weighted by atomic mass is 16.8. The highest BCUT2D eigenvalue weighted by molar-refractivity contribution is 4.33. The fourth-order valence-corrected chi connectivity index (χ4v) is 1.28. The highest BCUT2D eigenvalue weighted by Gasteiger charge is 1.98. The minimum Gasteiger partial charge on any atom is -0.597 e. The van der Waals surface area contributed by atoms with Crippen LogP contribution in [0, 0.1) is 10.4 Å². The second-order valence-corrected chi connectivity index (χ2v) is 4.11. The van der Waals surface area contributed by atoms with Gasteiger partial charge in [-0.05, 0) is 12.8 Å². The second-order valence-electron chi connectivity index (χ2n) is 4.11. The average Bonchev–Trinajstić information content (AvgIpc) is 2.39. The van der Waals surface area contributed by atoms with Crippen molar-refractivity contribution >= 4 is 0 Å². The maximum atomic E-state index is 11.1. The Morgan fingerprint density at radius 1 is 0.789 bits per heavy atom. The predicted molar refractivity (Wildman–Crippen MR) is 67.9 cm³/mol. The lowest BCUT2D eigenvalue weighted by Crippen LogP contribution is -2.06. The van der Waals surface area contributed by atoms with E-state index in [0.29, 0.717) is 9.72 Å². The van der Waals surface area contributed by atoms with Crippen LogP contribution >= 0.6 is 0 Å². The van der Waals surface area contributed by atoms with Gasteiger partial charge in [-0.3, -0.25) is 0 Å². The van der Waals surface area contributed by atoms with E-state index < -0.39 is 0 Å². The topological polar surface area (TPSA) is 95.3 Å². The van der Waals surface area contributed by atoms with Crippen LogP contribution in [-0.4, -0.2) is 29.6 Å². The van der Waals surface area contributed by atoms with Crippen LogP contribution in [0.3, 0.4) is 0 Å². The van der Waals surface area contributed by atoms with Gasteiger partial charge in [-0.15, -0.1) is 0 Å². The number of nitrogens with zero attached hydrogens (tertiary/aromatic N) is 4. The molecular weight excluding hydrogens is 252 g/mol. The quantitative estimate of drug-likeness (QED) is 0.180. The molecule has 0 aromatic rings. The molecule has 0 saturated carbocycles. The van der Waals surface area contributed by atoms with Gasteiger partial charge in [-0.25, -0.2) is 0 Å². The van der Waals surface area contributed by atoms with Crippen molar-refractivity contribution in [2.24, 2.45) is 10.6 Å². The minimum atomic E-state index is -0.348. The number of hydrogen-bond donors (Lipinski definition) is 0. The Labute approximate surface area is 113 Å². The summed E-state index contributed by atoms with van der Waals surface area (Å²) in [5.41, 5.74) is 0. The van der Waals surface area contributed by atoms with E-state index >= 15 is 0 Å². The summed E-state index contributed by atoms with van der Waals surface area (Å²) in [6.45, 7) is 4.32. The zero-order valence-electron chi connectivity index (χ0n) is 11.8. The molecular formula is C11H24N4O4. The van der Waals surface area contributed by atoms with E-state index in [2.05, 4.69) is 20.2 Å². The van der Waals surface area contributed by atoms with Crippen LogP contribution in [0.2, 0.25) is 0 Å². The molecule has 0 amide bonds. The van der Waals surface area contributed by atoms with Crippen LogP contribution in [0.4, 0.5) is 0 Å². The van der Waals surface area contributed by atoms with Gasteiger partial charge in [0.15, 0.2) is 13.1 Å². The Hall–Kier alpha value is -1.60. The molecule has 0 aromatic carbocycles. The van der Waals surface area contributed by atoms with Crippen molar-refractivity contribution in [3.63, 3.8) is 0 Å². The molecule has 0 radical (unpaired) electrons. The number of hydrogen-bond acceptors (Lipinski definition) is 6. The first-order valence-corrected chi connectivity index (χ1v) is 6.75. The maximum Gasteiger partial charge on any atom is 0.292 e. The van der Waals surface area contributed by atoms with Crippen molar-refractivity contribution in [3.05, 3.63) is 10.4 Å². The van der Waals surface area contributed by atoms with E-state index in [1.807, 2.05) is 13.8 Å². The standard InChI is InChI=1S/C11H24N4O4/c1-3-5-7-9-14(16)12-18-11-19-13-15(17)10-8-6-4-2/h3-11H2,1-2H3/b14-12+,15-13+. The van der Waals surface area contributed by atoms with Crippen molar-refractivity contribution in [3.8, 4) is 0 Å². The van der Waals surface area contributed by atoms with E-state index in [1.54, 1.807) is 0 Å². The molecule has 0 spiro atoms. The molecule has 0 fully saturated rings. The van der Waals surface area contributed by atoms with Crippen LogP contribution < -0.4 is 0 Å². The molecule has 0 rings (SSSR count). The van der Waals surface area contributed by atoms with Gasteiger partial charge in [0.1, 0.15) is 0 Å². The second kappa shape index (κ2) is 12.8. The lowest BCUT2D eigenvalue weighted by Gasteiger charge is -2.00. The molecule has 0 N–H and O–H groups in total. The van der Waals surface area contributed by atoms with Gasteiger partial charge in [-0.2, -0.15) is 0 Å². The maximum absolute atomic E-state index is 11.1. The Morgan fingerprint density at radius 3 is 1.58 bits per heavy atom. The Balaban J connectivity index is 3.56. The molecule has 0 saturated heterocycles. The number of unbranched alkanes of at least 4 members (excludes halogenated alkanes) is 4.